The minimum Gasteiger partial charge on any atom is -0.497 e. The summed E-state index contributed by atoms with van der Waals surface area (Å²) in [6, 6.07) is 12.9. The van der Waals surface area contributed by atoms with E-state index in [9.17, 15) is 4.79 Å². The molecule has 0 bridgehead atoms. The van der Waals surface area contributed by atoms with Crippen LogP contribution in [0.4, 0.5) is 5.69 Å². The first-order chi connectivity index (χ1) is 13.0. The molecule has 4 rings (SSSR count). The molecule has 0 spiro atoms. The second kappa shape index (κ2) is 7.04. The van der Waals surface area contributed by atoms with Gasteiger partial charge in [0.2, 0.25) is 5.91 Å². The molecule has 0 N–H and O–H groups in total. The zero-order valence-electron chi connectivity index (χ0n) is 15.0. The van der Waals surface area contributed by atoms with E-state index < -0.39 is 0 Å². The predicted molar refractivity (Wildman–Crippen MR) is 102 cm³/mol. The molecule has 7 heteroatoms. The van der Waals surface area contributed by atoms with Crippen LogP contribution >= 0.6 is 11.6 Å². The summed E-state index contributed by atoms with van der Waals surface area (Å²) in [7, 11) is 1.61. The van der Waals surface area contributed by atoms with Gasteiger partial charge < -0.3 is 14.2 Å². The number of ether oxygens (including phenoxy) is 1. The van der Waals surface area contributed by atoms with Crippen molar-refractivity contribution in [2.24, 2.45) is 0 Å². The number of amides is 1. The van der Waals surface area contributed by atoms with E-state index in [4.69, 9.17) is 20.9 Å². The van der Waals surface area contributed by atoms with Crippen LogP contribution in [0.1, 0.15) is 23.7 Å². The van der Waals surface area contributed by atoms with Crippen molar-refractivity contribution in [2.45, 2.75) is 19.3 Å². The molecule has 0 aliphatic carbocycles. The van der Waals surface area contributed by atoms with Crippen molar-refractivity contribution in [3.63, 3.8) is 0 Å². The molecule has 6 nitrogen and oxygen atoms in total. The number of aromatic nitrogens is 2. The van der Waals surface area contributed by atoms with Crippen LogP contribution in [0.5, 0.6) is 5.75 Å². The second-order valence-electron chi connectivity index (χ2n) is 6.53. The molecule has 0 radical (unpaired) electrons. The Hall–Kier alpha value is -2.86. The van der Waals surface area contributed by atoms with E-state index in [0.29, 0.717) is 35.5 Å². The van der Waals surface area contributed by atoms with E-state index in [1.54, 1.807) is 18.1 Å². The maximum Gasteiger partial charge on any atom is 0.258 e. The monoisotopic (exact) mass is 383 g/mol. The molecule has 1 unspecified atom stereocenters. The van der Waals surface area contributed by atoms with Gasteiger partial charge in [-0.2, -0.15) is 4.98 Å². The van der Waals surface area contributed by atoms with Crippen molar-refractivity contribution in [3.05, 3.63) is 58.9 Å². The Balaban J connectivity index is 1.57. The number of methoxy groups -OCH3 is 1. The summed E-state index contributed by atoms with van der Waals surface area (Å²) in [5, 5.41) is 4.76. The Morgan fingerprint density at radius 2 is 2.11 bits per heavy atom. The summed E-state index contributed by atoms with van der Waals surface area (Å²) >= 11 is 6.02. The highest BCUT2D eigenvalue weighted by atomic mass is 35.5. The van der Waals surface area contributed by atoms with E-state index in [0.717, 1.165) is 16.8 Å². The molecule has 1 fully saturated rings. The van der Waals surface area contributed by atoms with Gasteiger partial charge in [0.1, 0.15) is 5.75 Å². The summed E-state index contributed by atoms with van der Waals surface area (Å²) < 4.78 is 10.6. The number of nitrogens with zero attached hydrogens (tertiary/aromatic N) is 3. The Bertz CT molecular complexity index is 1000. The fourth-order valence-electron chi connectivity index (χ4n) is 3.31. The Morgan fingerprint density at radius 3 is 2.89 bits per heavy atom. The van der Waals surface area contributed by atoms with Gasteiger partial charge in [-0.15, -0.1) is 0 Å². The molecule has 1 aliphatic heterocycles. The summed E-state index contributed by atoms with van der Waals surface area (Å²) in [4.78, 5) is 18.8. The Labute approximate surface area is 161 Å². The van der Waals surface area contributed by atoms with Crippen LogP contribution < -0.4 is 9.64 Å². The SMILES string of the molecule is COc1cccc(-c2nc(C3CC(=O)N(c4ccc(Cl)cc4C)C3)no2)c1. The highest BCUT2D eigenvalue weighted by molar-refractivity contribution is 6.30. The third kappa shape index (κ3) is 3.40. The third-order valence-corrected chi connectivity index (χ3v) is 4.93. The molecule has 2 heterocycles. The Morgan fingerprint density at radius 1 is 1.26 bits per heavy atom. The molecular weight excluding hydrogens is 366 g/mol. The van der Waals surface area contributed by atoms with Gasteiger partial charge in [0.05, 0.1) is 7.11 Å². The summed E-state index contributed by atoms with van der Waals surface area (Å²) in [5.74, 6) is 1.59. The van der Waals surface area contributed by atoms with Crippen LogP contribution in [0.3, 0.4) is 0 Å². The fraction of sp³-hybridized carbons (Fsp3) is 0.250. The van der Waals surface area contributed by atoms with Crippen LogP contribution in [0.2, 0.25) is 5.02 Å². The van der Waals surface area contributed by atoms with Crippen molar-refractivity contribution in [2.75, 3.05) is 18.6 Å². The topological polar surface area (TPSA) is 68.5 Å². The number of hydrogen-bond donors (Lipinski definition) is 0. The lowest BCUT2D eigenvalue weighted by atomic mass is 10.1. The number of rotatable bonds is 4. The number of carbonyl (C=O) groups is 1. The lowest BCUT2D eigenvalue weighted by Crippen LogP contribution is -2.25. The fourth-order valence-corrected chi connectivity index (χ4v) is 3.54. The van der Waals surface area contributed by atoms with Gasteiger partial charge in [0, 0.05) is 35.2 Å². The van der Waals surface area contributed by atoms with Crippen molar-refractivity contribution in [1.82, 2.24) is 10.1 Å². The van der Waals surface area contributed by atoms with Gasteiger partial charge in [-0.05, 0) is 48.9 Å². The van der Waals surface area contributed by atoms with Gasteiger partial charge in [-0.1, -0.05) is 22.8 Å². The lowest BCUT2D eigenvalue weighted by molar-refractivity contribution is -0.117. The molecule has 1 saturated heterocycles. The van der Waals surface area contributed by atoms with Crippen LogP contribution in [0.15, 0.2) is 47.0 Å². The average Bonchev–Trinajstić information content (AvgIpc) is 3.29. The number of aryl methyl sites for hydroxylation is 1. The van der Waals surface area contributed by atoms with Crippen LogP contribution in [-0.4, -0.2) is 29.7 Å². The van der Waals surface area contributed by atoms with Gasteiger partial charge >= 0.3 is 0 Å². The van der Waals surface area contributed by atoms with Gasteiger partial charge in [-0.25, -0.2) is 0 Å². The number of carbonyl (C=O) groups excluding carboxylic acids is 1. The normalized spacial score (nSPS) is 16.8. The number of halogens is 1. The number of hydrogen-bond acceptors (Lipinski definition) is 5. The zero-order chi connectivity index (χ0) is 19.0. The van der Waals surface area contributed by atoms with E-state index in [-0.39, 0.29) is 11.8 Å². The smallest absolute Gasteiger partial charge is 0.258 e. The third-order valence-electron chi connectivity index (χ3n) is 4.70. The van der Waals surface area contributed by atoms with Crippen molar-refractivity contribution < 1.29 is 14.1 Å². The number of anilines is 1. The Kier molecular flexibility index (Phi) is 4.58. The number of benzene rings is 2. The largest absolute Gasteiger partial charge is 0.497 e. The van der Waals surface area contributed by atoms with Crippen molar-refractivity contribution in [1.29, 1.82) is 0 Å². The van der Waals surface area contributed by atoms with E-state index in [1.165, 1.54) is 0 Å². The first-order valence-corrected chi connectivity index (χ1v) is 8.97. The molecule has 1 aliphatic rings. The van der Waals surface area contributed by atoms with Crippen molar-refractivity contribution >= 4 is 23.2 Å². The molecule has 138 valence electrons. The maximum atomic E-state index is 12.5. The molecule has 1 aromatic heterocycles. The van der Waals surface area contributed by atoms with Crippen LogP contribution in [0.25, 0.3) is 11.5 Å². The van der Waals surface area contributed by atoms with Gasteiger partial charge in [-0.3, -0.25) is 4.79 Å². The van der Waals surface area contributed by atoms with E-state index in [2.05, 4.69) is 10.1 Å². The molecule has 1 amide bonds. The summed E-state index contributed by atoms with van der Waals surface area (Å²) in [5.41, 5.74) is 2.60. The highest BCUT2D eigenvalue weighted by Crippen LogP contribution is 2.34. The van der Waals surface area contributed by atoms with E-state index >= 15 is 0 Å². The van der Waals surface area contributed by atoms with Crippen molar-refractivity contribution in [3.8, 4) is 17.2 Å². The second-order valence-corrected chi connectivity index (χ2v) is 6.96. The van der Waals surface area contributed by atoms with Crippen LogP contribution in [0, 0.1) is 6.92 Å². The molecular formula is C20H18ClN3O3. The summed E-state index contributed by atoms with van der Waals surface area (Å²) in [6.07, 6.45) is 0.346. The first-order valence-electron chi connectivity index (χ1n) is 8.59. The molecule has 1 atom stereocenters. The minimum atomic E-state index is -0.115. The molecule has 0 saturated carbocycles. The predicted octanol–water partition coefficient (Wildman–Crippen LogP) is 4.23. The average molecular weight is 384 g/mol. The lowest BCUT2D eigenvalue weighted by Gasteiger charge is -2.18. The zero-order valence-corrected chi connectivity index (χ0v) is 15.7. The standard InChI is InChI=1S/C20H18ClN3O3/c1-12-8-15(21)6-7-17(12)24-11-14(10-18(24)25)19-22-20(27-23-19)13-4-3-5-16(9-13)26-2/h3-9,14H,10-11H2,1-2H3. The van der Waals surface area contributed by atoms with Crippen LogP contribution in [-0.2, 0) is 4.79 Å². The maximum absolute atomic E-state index is 12.5. The molecule has 27 heavy (non-hydrogen) atoms. The quantitative estimate of drug-likeness (QED) is 0.674. The highest BCUT2D eigenvalue weighted by Gasteiger charge is 2.35. The minimum absolute atomic E-state index is 0.0400. The van der Waals surface area contributed by atoms with Gasteiger partial charge in [0.15, 0.2) is 5.82 Å². The van der Waals surface area contributed by atoms with E-state index in [1.807, 2.05) is 43.3 Å². The first kappa shape index (κ1) is 17.5. The molecule has 3 aromatic rings. The molecule has 2 aromatic carbocycles. The summed E-state index contributed by atoms with van der Waals surface area (Å²) in [6.45, 7) is 2.45. The van der Waals surface area contributed by atoms with Gasteiger partial charge in [0.25, 0.3) is 5.89 Å².